The molecule has 0 aliphatic heterocycles. The van der Waals surface area contributed by atoms with E-state index < -0.39 is 0 Å². The van der Waals surface area contributed by atoms with Crippen molar-refractivity contribution in [3.05, 3.63) is 28.0 Å². The Bertz CT molecular complexity index is 300. The summed E-state index contributed by atoms with van der Waals surface area (Å²) in [6, 6.07) is 1.65. The summed E-state index contributed by atoms with van der Waals surface area (Å²) < 4.78 is 0. The van der Waals surface area contributed by atoms with Crippen LogP contribution in [0.1, 0.15) is 25.5 Å². The second-order valence-corrected chi connectivity index (χ2v) is 4.10. The maximum atomic E-state index is 5.92. The molecule has 0 saturated heterocycles. The molecule has 13 heavy (non-hydrogen) atoms. The van der Waals surface area contributed by atoms with E-state index in [-0.39, 0.29) is 6.04 Å². The highest BCUT2D eigenvalue weighted by atomic mass is 35.5. The topological polar surface area (TPSA) is 38.9 Å². The second-order valence-electron chi connectivity index (χ2n) is 3.30. The van der Waals surface area contributed by atoms with Crippen molar-refractivity contribution in [3.8, 4) is 0 Å². The van der Waals surface area contributed by atoms with Crippen LogP contribution in [-0.2, 0) is 0 Å². The molecule has 0 aliphatic rings. The normalized spacial score (nSPS) is 13.4. The van der Waals surface area contributed by atoms with Gasteiger partial charge in [-0.15, -0.1) is 0 Å². The standard InChI is InChI=1S/C9H12Cl2N2/c1-5(2)8(12)7-3-6(10)4-13-9(7)11/h3-5,8H,12H2,1-2H3. The van der Waals surface area contributed by atoms with Crippen molar-refractivity contribution in [1.82, 2.24) is 4.98 Å². The van der Waals surface area contributed by atoms with E-state index in [0.717, 1.165) is 5.56 Å². The molecular weight excluding hydrogens is 207 g/mol. The predicted octanol–water partition coefficient (Wildman–Crippen LogP) is 3.04. The zero-order valence-corrected chi connectivity index (χ0v) is 9.10. The van der Waals surface area contributed by atoms with Gasteiger partial charge in [-0.2, -0.15) is 0 Å². The van der Waals surface area contributed by atoms with Gasteiger partial charge in [-0.05, 0) is 12.0 Å². The lowest BCUT2D eigenvalue weighted by molar-refractivity contribution is 0.513. The molecule has 1 rings (SSSR count). The Balaban J connectivity index is 3.05. The Morgan fingerprint density at radius 3 is 2.54 bits per heavy atom. The van der Waals surface area contributed by atoms with Gasteiger partial charge in [0.1, 0.15) is 5.15 Å². The Kier molecular flexibility index (Phi) is 3.54. The maximum absolute atomic E-state index is 5.92. The minimum atomic E-state index is -0.112. The van der Waals surface area contributed by atoms with Crippen LogP contribution in [-0.4, -0.2) is 4.98 Å². The molecule has 0 aliphatic carbocycles. The summed E-state index contributed by atoms with van der Waals surface area (Å²) in [5.41, 5.74) is 6.73. The fourth-order valence-corrected chi connectivity index (χ4v) is 1.43. The molecule has 0 spiro atoms. The molecular formula is C9H12Cl2N2. The van der Waals surface area contributed by atoms with E-state index in [1.165, 1.54) is 6.20 Å². The number of rotatable bonds is 2. The van der Waals surface area contributed by atoms with Gasteiger partial charge in [0.2, 0.25) is 0 Å². The number of aromatic nitrogens is 1. The molecule has 0 bridgehead atoms. The molecule has 1 unspecified atom stereocenters. The van der Waals surface area contributed by atoms with Crippen LogP contribution in [0.4, 0.5) is 0 Å². The van der Waals surface area contributed by atoms with E-state index in [1.807, 2.05) is 13.8 Å². The number of nitrogens with two attached hydrogens (primary N) is 1. The monoisotopic (exact) mass is 218 g/mol. The zero-order valence-electron chi connectivity index (χ0n) is 7.59. The third kappa shape index (κ3) is 2.56. The molecule has 0 fully saturated rings. The molecule has 1 heterocycles. The van der Waals surface area contributed by atoms with E-state index in [0.29, 0.717) is 16.1 Å². The highest BCUT2D eigenvalue weighted by molar-refractivity contribution is 6.32. The van der Waals surface area contributed by atoms with Gasteiger partial charge in [0.15, 0.2) is 0 Å². The van der Waals surface area contributed by atoms with E-state index in [2.05, 4.69) is 4.98 Å². The Morgan fingerprint density at radius 1 is 1.38 bits per heavy atom. The van der Waals surface area contributed by atoms with Gasteiger partial charge in [0.25, 0.3) is 0 Å². The lowest BCUT2D eigenvalue weighted by Crippen LogP contribution is -2.17. The number of halogens is 2. The van der Waals surface area contributed by atoms with Crippen molar-refractivity contribution in [3.63, 3.8) is 0 Å². The van der Waals surface area contributed by atoms with Gasteiger partial charge in [0, 0.05) is 17.8 Å². The largest absolute Gasteiger partial charge is 0.324 e. The SMILES string of the molecule is CC(C)C(N)c1cc(Cl)cnc1Cl. The summed E-state index contributed by atoms with van der Waals surface area (Å²) in [5, 5.41) is 1.00. The maximum Gasteiger partial charge on any atom is 0.133 e. The average molecular weight is 219 g/mol. The van der Waals surface area contributed by atoms with E-state index in [9.17, 15) is 0 Å². The molecule has 0 radical (unpaired) electrons. The summed E-state index contributed by atoms with van der Waals surface area (Å²) in [6.45, 7) is 4.06. The van der Waals surface area contributed by atoms with Gasteiger partial charge in [-0.3, -0.25) is 0 Å². The Labute approximate surface area is 88.1 Å². The number of hydrogen-bond donors (Lipinski definition) is 1. The van der Waals surface area contributed by atoms with Crippen LogP contribution in [0.2, 0.25) is 10.2 Å². The lowest BCUT2D eigenvalue weighted by Gasteiger charge is -2.16. The summed E-state index contributed by atoms with van der Waals surface area (Å²) in [4.78, 5) is 3.94. The molecule has 0 saturated carbocycles. The minimum Gasteiger partial charge on any atom is -0.324 e. The van der Waals surface area contributed by atoms with Crippen LogP contribution in [0.25, 0.3) is 0 Å². The lowest BCUT2D eigenvalue weighted by atomic mass is 9.99. The number of hydrogen-bond acceptors (Lipinski definition) is 2. The van der Waals surface area contributed by atoms with E-state index in [4.69, 9.17) is 28.9 Å². The van der Waals surface area contributed by atoms with Crippen molar-refractivity contribution >= 4 is 23.2 Å². The van der Waals surface area contributed by atoms with Crippen molar-refractivity contribution < 1.29 is 0 Å². The molecule has 0 amide bonds. The van der Waals surface area contributed by atoms with Gasteiger partial charge >= 0.3 is 0 Å². The molecule has 72 valence electrons. The van der Waals surface area contributed by atoms with Gasteiger partial charge in [0.05, 0.1) is 5.02 Å². The first-order valence-corrected chi connectivity index (χ1v) is 4.84. The molecule has 1 atom stereocenters. The van der Waals surface area contributed by atoms with E-state index >= 15 is 0 Å². The third-order valence-electron chi connectivity index (χ3n) is 1.91. The van der Waals surface area contributed by atoms with Crippen LogP contribution in [0.5, 0.6) is 0 Å². The molecule has 2 nitrogen and oxygen atoms in total. The quantitative estimate of drug-likeness (QED) is 0.776. The zero-order chi connectivity index (χ0) is 10.0. The van der Waals surface area contributed by atoms with Crippen molar-refractivity contribution in [1.29, 1.82) is 0 Å². The summed E-state index contributed by atoms with van der Waals surface area (Å²) in [5.74, 6) is 0.317. The fraction of sp³-hybridized carbons (Fsp3) is 0.444. The summed E-state index contributed by atoms with van der Waals surface area (Å²) in [6.07, 6.45) is 1.51. The summed E-state index contributed by atoms with van der Waals surface area (Å²) in [7, 11) is 0. The second kappa shape index (κ2) is 4.27. The number of pyridine rings is 1. The Hall–Kier alpha value is -0.310. The van der Waals surface area contributed by atoms with Gasteiger partial charge in [-0.25, -0.2) is 4.98 Å². The molecule has 1 aromatic heterocycles. The van der Waals surface area contributed by atoms with Crippen LogP contribution in [0, 0.1) is 5.92 Å². The van der Waals surface area contributed by atoms with Crippen LogP contribution in [0.3, 0.4) is 0 Å². The van der Waals surface area contributed by atoms with Crippen LogP contribution in [0.15, 0.2) is 12.3 Å². The number of nitrogens with zero attached hydrogens (tertiary/aromatic N) is 1. The van der Waals surface area contributed by atoms with Crippen LogP contribution < -0.4 is 5.73 Å². The molecule has 1 aromatic rings. The highest BCUT2D eigenvalue weighted by Gasteiger charge is 2.14. The Morgan fingerprint density at radius 2 is 2.00 bits per heavy atom. The first-order chi connectivity index (χ1) is 6.02. The van der Waals surface area contributed by atoms with Gasteiger partial charge in [-0.1, -0.05) is 37.0 Å². The molecule has 0 aromatic carbocycles. The smallest absolute Gasteiger partial charge is 0.133 e. The highest BCUT2D eigenvalue weighted by Crippen LogP contribution is 2.26. The molecule has 2 N–H and O–H groups in total. The fourth-order valence-electron chi connectivity index (χ4n) is 1.03. The average Bonchev–Trinajstić information content (AvgIpc) is 2.08. The first-order valence-electron chi connectivity index (χ1n) is 4.09. The van der Waals surface area contributed by atoms with Crippen molar-refractivity contribution in [2.24, 2.45) is 11.7 Å². The predicted molar refractivity (Wildman–Crippen MR) is 56.0 cm³/mol. The van der Waals surface area contributed by atoms with Gasteiger partial charge < -0.3 is 5.73 Å². The minimum absolute atomic E-state index is 0.112. The van der Waals surface area contributed by atoms with Crippen LogP contribution >= 0.6 is 23.2 Å². The van der Waals surface area contributed by atoms with E-state index in [1.54, 1.807) is 6.07 Å². The van der Waals surface area contributed by atoms with Crippen molar-refractivity contribution in [2.45, 2.75) is 19.9 Å². The first kappa shape index (κ1) is 10.8. The van der Waals surface area contributed by atoms with Crippen molar-refractivity contribution in [2.75, 3.05) is 0 Å². The molecule has 4 heteroatoms. The third-order valence-corrected chi connectivity index (χ3v) is 2.43. The summed E-state index contributed by atoms with van der Waals surface area (Å²) >= 11 is 11.7.